The second-order valence-electron chi connectivity index (χ2n) is 10.4. The molecule has 40 heavy (non-hydrogen) atoms. The molecule has 0 spiro atoms. The zero-order valence-corrected chi connectivity index (χ0v) is 24.9. The van der Waals surface area contributed by atoms with E-state index < -0.39 is 0 Å². The van der Waals surface area contributed by atoms with Gasteiger partial charge in [0.25, 0.3) is 0 Å². The summed E-state index contributed by atoms with van der Waals surface area (Å²) in [7, 11) is 2.18. The minimum atomic E-state index is 0. The maximum absolute atomic E-state index is 4.22. The van der Waals surface area contributed by atoms with Gasteiger partial charge in [0.05, 0.1) is 17.1 Å². The fourth-order valence-electron chi connectivity index (χ4n) is 6.09. The van der Waals surface area contributed by atoms with Crippen LogP contribution in [0.2, 0.25) is 0 Å². The Morgan fingerprint density at radius 3 is 2.48 bits per heavy atom. The number of hydrogen-bond acceptors (Lipinski definition) is 2. The topological polar surface area (TPSA) is 24.9 Å². The smallest absolute Gasteiger partial charge is 0.407 e. The minimum Gasteiger partial charge on any atom is -0.407 e. The van der Waals surface area contributed by atoms with Gasteiger partial charge in [0, 0.05) is 11.9 Å². The van der Waals surface area contributed by atoms with E-state index in [-0.39, 0.29) is 20.1 Å². The number of imidazole rings is 1. The van der Waals surface area contributed by atoms with Crippen LogP contribution in [0.25, 0.3) is 38.8 Å². The Kier molecular flexibility index (Phi) is 7.51. The number of aromatic nitrogens is 3. The maximum atomic E-state index is 4.22. The van der Waals surface area contributed by atoms with Crippen LogP contribution in [0.5, 0.6) is 0 Å². The zero-order chi connectivity index (χ0) is 26.2. The van der Waals surface area contributed by atoms with Gasteiger partial charge in [-0.05, 0) is 56.2 Å². The average Bonchev–Trinajstić information content (AvgIpc) is 3.42. The number of nitrogens with zero attached hydrogens (tertiary/aromatic N) is 4. The van der Waals surface area contributed by atoms with Crippen LogP contribution in [0.1, 0.15) is 38.1 Å². The molecule has 0 amide bonds. The molecule has 1 aliphatic heterocycles. The normalized spacial score (nSPS) is 14.3. The van der Waals surface area contributed by atoms with E-state index in [4.69, 9.17) is 0 Å². The number of benzene rings is 4. The van der Waals surface area contributed by atoms with Crippen molar-refractivity contribution in [1.82, 2.24) is 9.55 Å². The molecule has 2 aromatic heterocycles. The van der Waals surface area contributed by atoms with Gasteiger partial charge in [0.15, 0.2) is 0 Å². The van der Waals surface area contributed by atoms with E-state index in [0.717, 1.165) is 16.9 Å². The van der Waals surface area contributed by atoms with Crippen molar-refractivity contribution in [3.63, 3.8) is 0 Å². The van der Waals surface area contributed by atoms with E-state index in [1.807, 2.05) is 42.5 Å². The van der Waals surface area contributed by atoms with Crippen LogP contribution >= 0.6 is 0 Å². The molecule has 6 aromatic rings. The Labute approximate surface area is 249 Å². The fourth-order valence-corrected chi connectivity index (χ4v) is 6.09. The first-order valence-corrected chi connectivity index (χ1v) is 13.8. The number of fused-ring (bicyclic) bond motifs is 4. The Bertz CT molecular complexity index is 1720. The van der Waals surface area contributed by atoms with Gasteiger partial charge in [-0.3, -0.25) is 0 Å². The largest absolute Gasteiger partial charge is 3.00 e. The standard InChI is InChI=1S/C24H22N3.C11H8N.Ir/c1-25-20-12-7-13-21-24(20)27(16-26(21)18-9-3-2-4-10-18)22-15-14-17-8-5-6-11-19(17)23(22)25;1-2-6-10(7-3-1)11-8-4-5-9-12-11;/h5-8,11-14,18H,2-4,9-10H2,1H3;1-6,8-9H;/q2*-1;+3. The van der Waals surface area contributed by atoms with Crippen LogP contribution in [0.4, 0.5) is 11.4 Å². The van der Waals surface area contributed by atoms with Gasteiger partial charge >= 0.3 is 20.1 Å². The van der Waals surface area contributed by atoms with Gasteiger partial charge in [-0.25, -0.2) is 0 Å². The Morgan fingerprint density at radius 1 is 0.850 bits per heavy atom. The van der Waals surface area contributed by atoms with Crippen LogP contribution in [-0.2, 0) is 20.1 Å². The van der Waals surface area contributed by atoms with Crippen LogP contribution in [0, 0.1) is 18.5 Å². The average molecular weight is 699 g/mol. The summed E-state index contributed by atoms with van der Waals surface area (Å²) in [5.41, 5.74) is 8.13. The van der Waals surface area contributed by atoms with Crippen LogP contribution in [-0.4, -0.2) is 16.6 Å². The molecular weight excluding hydrogens is 669 g/mol. The summed E-state index contributed by atoms with van der Waals surface area (Å²) in [6.45, 7) is 0. The molecule has 1 saturated carbocycles. The Hall–Kier alpha value is -3.79. The Morgan fingerprint density at radius 2 is 1.68 bits per heavy atom. The first-order chi connectivity index (χ1) is 19.3. The molecule has 0 unspecified atom stereocenters. The molecule has 0 atom stereocenters. The van der Waals surface area contributed by atoms with Crippen LogP contribution < -0.4 is 9.47 Å². The maximum Gasteiger partial charge on any atom is 3.00 e. The van der Waals surface area contributed by atoms with E-state index in [2.05, 4.69) is 93.1 Å². The Balaban J connectivity index is 0.000000188. The van der Waals surface area contributed by atoms with Gasteiger partial charge in [0.2, 0.25) is 6.33 Å². The van der Waals surface area contributed by atoms with Crippen molar-refractivity contribution < 1.29 is 24.7 Å². The van der Waals surface area contributed by atoms with Gasteiger partial charge < -0.3 is 19.0 Å². The molecule has 4 aromatic carbocycles. The van der Waals surface area contributed by atoms with Crippen molar-refractivity contribution in [1.29, 1.82) is 0 Å². The first-order valence-electron chi connectivity index (χ1n) is 13.8. The summed E-state index contributed by atoms with van der Waals surface area (Å²) in [6.07, 6.45) is 12.0. The molecule has 2 aliphatic rings. The van der Waals surface area contributed by atoms with Crippen molar-refractivity contribution in [3.05, 3.63) is 116 Å². The van der Waals surface area contributed by atoms with Crippen molar-refractivity contribution in [2.24, 2.45) is 0 Å². The van der Waals surface area contributed by atoms with Gasteiger partial charge in [0.1, 0.15) is 0 Å². The number of pyridine rings is 1. The second kappa shape index (κ2) is 11.4. The SMILES string of the molecule is CN1c2c([c-]cc3ccccc23)-[n+]2[c-]n(C3CCCCC3)c3cccc1c32.[Ir+3].[c-]1ccccc1-c1ccccn1. The van der Waals surface area contributed by atoms with E-state index in [1.165, 1.54) is 65.3 Å². The predicted molar refractivity (Wildman–Crippen MR) is 157 cm³/mol. The van der Waals surface area contributed by atoms with E-state index in [0.29, 0.717) is 6.04 Å². The minimum absolute atomic E-state index is 0. The van der Waals surface area contributed by atoms with E-state index >= 15 is 0 Å². The summed E-state index contributed by atoms with van der Waals surface area (Å²) in [5, 5.41) is 2.49. The summed E-state index contributed by atoms with van der Waals surface area (Å²) >= 11 is 0. The summed E-state index contributed by atoms with van der Waals surface area (Å²) < 4.78 is 4.66. The third-order valence-electron chi connectivity index (χ3n) is 8.00. The van der Waals surface area contributed by atoms with Crippen LogP contribution in [0.3, 0.4) is 0 Å². The zero-order valence-electron chi connectivity index (χ0n) is 22.5. The first kappa shape index (κ1) is 26.4. The molecule has 0 saturated heterocycles. The number of anilines is 2. The van der Waals surface area contributed by atoms with Gasteiger partial charge in [-0.1, -0.05) is 54.6 Å². The third-order valence-corrected chi connectivity index (χ3v) is 8.00. The molecular formula is C35H30IrN4+. The molecule has 0 N–H and O–H groups in total. The monoisotopic (exact) mass is 699 g/mol. The van der Waals surface area contributed by atoms with Crippen molar-refractivity contribution in [3.8, 4) is 16.9 Å². The van der Waals surface area contributed by atoms with Crippen molar-refractivity contribution >= 4 is 33.2 Å². The molecule has 3 heterocycles. The van der Waals surface area contributed by atoms with Gasteiger partial charge in [-0.15, -0.1) is 52.7 Å². The quantitative estimate of drug-likeness (QED) is 0.136. The molecule has 198 valence electrons. The molecule has 8 rings (SSSR count). The molecule has 5 heteroatoms. The molecule has 1 aliphatic carbocycles. The van der Waals surface area contributed by atoms with E-state index in [9.17, 15) is 0 Å². The number of rotatable bonds is 2. The number of para-hydroxylation sites is 1. The molecule has 0 bridgehead atoms. The van der Waals surface area contributed by atoms with Gasteiger partial charge in [-0.2, -0.15) is 12.1 Å². The molecule has 0 radical (unpaired) electrons. The molecule has 1 fully saturated rings. The van der Waals surface area contributed by atoms with Crippen molar-refractivity contribution in [2.75, 3.05) is 11.9 Å². The van der Waals surface area contributed by atoms with E-state index in [1.54, 1.807) is 6.20 Å². The second-order valence-corrected chi connectivity index (χ2v) is 10.4. The fraction of sp³-hybridized carbons (Fsp3) is 0.200. The number of hydrogen-bond donors (Lipinski definition) is 0. The molecule has 4 nitrogen and oxygen atoms in total. The van der Waals surface area contributed by atoms with Crippen molar-refractivity contribution in [2.45, 2.75) is 38.1 Å². The summed E-state index contributed by atoms with van der Waals surface area (Å²) in [4.78, 5) is 6.55. The van der Waals surface area contributed by atoms with Crippen LogP contribution in [0.15, 0.2) is 97.2 Å². The predicted octanol–water partition coefficient (Wildman–Crippen LogP) is 7.80. The third kappa shape index (κ3) is 4.64. The summed E-state index contributed by atoms with van der Waals surface area (Å²) in [5.74, 6) is 0. The summed E-state index contributed by atoms with van der Waals surface area (Å²) in [6, 6.07) is 38.3.